The standard InChI is InChI=1S/C23H24O8/c1-25-15-6-11(7-16(26-2)21(15)28-4)18-13-8-17-22(31-10-30-17)20(27-3)14(13)5-12-9-29-23(24)19(12)18/h6-8,12,18-19H,5,9-10H2,1-4H3/t12-,18-,19+/m1/s1. The van der Waals surface area contributed by atoms with Crippen LogP contribution >= 0.6 is 0 Å². The minimum Gasteiger partial charge on any atom is -0.493 e. The summed E-state index contributed by atoms with van der Waals surface area (Å²) in [4.78, 5) is 12.8. The lowest BCUT2D eigenvalue weighted by molar-refractivity contribution is -0.141. The third kappa shape index (κ3) is 2.85. The van der Waals surface area contributed by atoms with E-state index < -0.39 is 0 Å². The first-order valence-electron chi connectivity index (χ1n) is 10.1. The van der Waals surface area contributed by atoms with E-state index in [0.717, 1.165) is 16.7 Å². The number of esters is 1. The molecule has 0 amide bonds. The van der Waals surface area contributed by atoms with E-state index in [1.54, 1.807) is 28.4 Å². The lowest BCUT2D eigenvalue weighted by Crippen LogP contribution is -2.32. The number of fused-ring (bicyclic) bond motifs is 3. The van der Waals surface area contributed by atoms with Crippen molar-refractivity contribution in [2.45, 2.75) is 12.3 Å². The molecule has 3 aliphatic rings. The summed E-state index contributed by atoms with van der Waals surface area (Å²) >= 11 is 0. The largest absolute Gasteiger partial charge is 0.493 e. The van der Waals surface area contributed by atoms with E-state index >= 15 is 0 Å². The monoisotopic (exact) mass is 428 g/mol. The molecule has 0 unspecified atom stereocenters. The topological polar surface area (TPSA) is 81.7 Å². The van der Waals surface area contributed by atoms with E-state index in [2.05, 4.69) is 0 Å². The summed E-state index contributed by atoms with van der Waals surface area (Å²) in [5, 5.41) is 0. The molecule has 1 aliphatic carbocycles. The van der Waals surface area contributed by atoms with Crippen LogP contribution in [0.3, 0.4) is 0 Å². The molecule has 5 rings (SSSR count). The Kier molecular flexibility index (Phi) is 4.72. The van der Waals surface area contributed by atoms with Crippen molar-refractivity contribution >= 4 is 5.97 Å². The van der Waals surface area contributed by atoms with Crippen molar-refractivity contribution in [3.8, 4) is 34.5 Å². The van der Waals surface area contributed by atoms with Crippen molar-refractivity contribution in [2.24, 2.45) is 11.8 Å². The summed E-state index contributed by atoms with van der Waals surface area (Å²) < 4.78 is 39.2. The van der Waals surface area contributed by atoms with Crippen LogP contribution in [0.25, 0.3) is 0 Å². The Morgan fingerprint density at radius 2 is 1.58 bits per heavy atom. The van der Waals surface area contributed by atoms with Crippen LogP contribution in [0.15, 0.2) is 18.2 Å². The van der Waals surface area contributed by atoms with E-state index in [9.17, 15) is 4.79 Å². The second-order valence-corrected chi connectivity index (χ2v) is 7.77. The Balaban J connectivity index is 1.76. The van der Waals surface area contributed by atoms with Gasteiger partial charge in [0.2, 0.25) is 18.3 Å². The fourth-order valence-corrected chi connectivity index (χ4v) is 5.07. The highest BCUT2D eigenvalue weighted by Crippen LogP contribution is 2.56. The van der Waals surface area contributed by atoms with Crippen LogP contribution in [-0.4, -0.2) is 47.8 Å². The second kappa shape index (κ2) is 7.44. The van der Waals surface area contributed by atoms with Gasteiger partial charge in [0.15, 0.2) is 23.0 Å². The van der Waals surface area contributed by atoms with Crippen LogP contribution < -0.4 is 28.4 Å². The number of benzene rings is 2. The minimum atomic E-state index is -0.333. The molecular formula is C23H24O8. The SMILES string of the molecule is COc1cc([C@@H]2c3cc4c(c(OC)c3C[C@@H]3COC(=O)[C@@H]32)OCO4)cc(OC)c1OC. The average Bonchev–Trinajstić information content (AvgIpc) is 3.41. The smallest absolute Gasteiger partial charge is 0.310 e. The van der Waals surface area contributed by atoms with E-state index in [-0.39, 0.29) is 30.5 Å². The van der Waals surface area contributed by atoms with Crippen molar-refractivity contribution in [3.63, 3.8) is 0 Å². The molecule has 1 fully saturated rings. The van der Waals surface area contributed by atoms with Crippen molar-refractivity contribution in [2.75, 3.05) is 41.8 Å². The van der Waals surface area contributed by atoms with Gasteiger partial charge in [-0.2, -0.15) is 0 Å². The summed E-state index contributed by atoms with van der Waals surface area (Å²) in [6.07, 6.45) is 0.659. The number of carbonyl (C=O) groups is 1. The Morgan fingerprint density at radius 1 is 0.871 bits per heavy atom. The van der Waals surface area contributed by atoms with Crippen LogP contribution in [0.1, 0.15) is 22.6 Å². The first-order valence-corrected chi connectivity index (χ1v) is 10.1. The molecule has 0 spiro atoms. The molecule has 0 saturated carbocycles. The number of rotatable bonds is 5. The van der Waals surface area contributed by atoms with Crippen LogP contribution in [0.4, 0.5) is 0 Å². The van der Waals surface area contributed by atoms with Crippen molar-refractivity contribution < 1.29 is 38.0 Å². The fraction of sp³-hybridized carbons (Fsp3) is 0.435. The molecule has 2 aliphatic heterocycles. The highest BCUT2D eigenvalue weighted by Gasteiger charge is 2.49. The highest BCUT2D eigenvalue weighted by atomic mass is 16.7. The molecule has 8 nitrogen and oxygen atoms in total. The van der Waals surface area contributed by atoms with Gasteiger partial charge in [-0.05, 0) is 35.7 Å². The summed E-state index contributed by atoms with van der Waals surface area (Å²) in [5.74, 6) is 2.62. The number of ether oxygens (including phenoxy) is 7. The van der Waals surface area contributed by atoms with Crippen molar-refractivity contribution in [1.29, 1.82) is 0 Å². The summed E-state index contributed by atoms with van der Waals surface area (Å²) in [5.41, 5.74) is 2.82. The summed E-state index contributed by atoms with van der Waals surface area (Å²) in [7, 11) is 6.33. The van der Waals surface area contributed by atoms with Gasteiger partial charge in [0.1, 0.15) is 0 Å². The Labute approximate surface area is 179 Å². The minimum absolute atomic E-state index is 0.0263. The summed E-state index contributed by atoms with van der Waals surface area (Å²) in [6.45, 7) is 0.514. The maximum atomic E-state index is 12.8. The quantitative estimate of drug-likeness (QED) is 0.673. The van der Waals surface area contributed by atoms with Gasteiger partial charge in [0, 0.05) is 17.4 Å². The highest BCUT2D eigenvalue weighted by molar-refractivity contribution is 5.79. The summed E-state index contributed by atoms with van der Waals surface area (Å²) in [6, 6.07) is 5.73. The lowest BCUT2D eigenvalue weighted by atomic mass is 9.67. The van der Waals surface area contributed by atoms with Gasteiger partial charge in [-0.3, -0.25) is 4.79 Å². The maximum Gasteiger partial charge on any atom is 0.310 e. The number of cyclic esters (lactones) is 1. The molecule has 31 heavy (non-hydrogen) atoms. The molecule has 2 aromatic rings. The van der Waals surface area contributed by atoms with Gasteiger partial charge in [-0.25, -0.2) is 0 Å². The van der Waals surface area contributed by atoms with Gasteiger partial charge in [0.25, 0.3) is 0 Å². The molecule has 0 aromatic heterocycles. The normalized spacial score (nSPS) is 23.0. The zero-order valence-corrected chi connectivity index (χ0v) is 17.9. The number of hydrogen-bond acceptors (Lipinski definition) is 8. The molecule has 1 saturated heterocycles. The van der Waals surface area contributed by atoms with Crippen LogP contribution in [0.5, 0.6) is 34.5 Å². The Hall–Kier alpha value is -3.29. The molecule has 0 bridgehead atoms. The van der Waals surface area contributed by atoms with Gasteiger partial charge in [0.05, 0.1) is 41.0 Å². The zero-order valence-electron chi connectivity index (χ0n) is 17.9. The number of methoxy groups -OCH3 is 4. The third-order valence-electron chi connectivity index (χ3n) is 6.39. The van der Waals surface area contributed by atoms with Crippen LogP contribution in [0, 0.1) is 11.8 Å². The predicted molar refractivity (Wildman–Crippen MR) is 109 cm³/mol. The molecule has 2 heterocycles. The molecule has 0 radical (unpaired) electrons. The van der Waals surface area contributed by atoms with Gasteiger partial charge < -0.3 is 33.2 Å². The van der Waals surface area contributed by atoms with Gasteiger partial charge in [-0.1, -0.05) is 0 Å². The molecular weight excluding hydrogens is 404 g/mol. The second-order valence-electron chi connectivity index (χ2n) is 7.77. The van der Waals surface area contributed by atoms with E-state index in [0.29, 0.717) is 47.5 Å². The van der Waals surface area contributed by atoms with E-state index in [1.165, 1.54) is 0 Å². The Bertz CT molecular complexity index is 1020. The van der Waals surface area contributed by atoms with Crippen LogP contribution in [-0.2, 0) is 16.0 Å². The molecule has 3 atom stereocenters. The van der Waals surface area contributed by atoms with E-state index in [4.69, 9.17) is 33.2 Å². The molecule has 8 heteroatoms. The van der Waals surface area contributed by atoms with Crippen molar-refractivity contribution in [3.05, 3.63) is 34.9 Å². The van der Waals surface area contributed by atoms with Gasteiger partial charge >= 0.3 is 5.97 Å². The number of hydrogen-bond donors (Lipinski definition) is 0. The first-order chi connectivity index (χ1) is 15.1. The molecule has 0 N–H and O–H groups in total. The molecule has 164 valence electrons. The lowest BCUT2D eigenvalue weighted by Gasteiger charge is -2.34. The third-order valence-corrected chi connectivity index (χ3v) is 6.39. The Morgan fingerprint density at radius 3 is 2.23 bits per heavy atom. The zero-order chi connectivity index (χ0) is 21.7. The first kappa shape index (κ1) is 19.7. The van der Waals surface area contributed by atoms with Crippen LogP contribution in [0.2, 0.25) is 0 Å². The average molecular weight is 428 g/mol. The van der Waals surface area contributed by atoms with Gasteiger partial charge in [-0.15, -0.1) is 0 Å². The maximum absolute atomic E-state index is 12.8. The molecule has 2 aromatic carbocycles. The number of carbonyl (C=O) groups excluding carboxylic acids is 1. The van der Waals surface area contributed by atoms with Crippen molar-refractivity contribution in [1.82, 2.24) is 0 Å². The fourth-order valence-electron chi connectivity index (χ4n) is 5.07. The van der Waals surface area contributed by atoms with E-state index in [1.807, 2.05) is 18.2 Å². The predicted octanol–water partition coefficient (Wildman–Crippen LogP) is 2.93.